The van der Waals surface area contributed by atoms with Crippen molar-refractivity contribution in [1.82, 2.24) is 9.88 Å². The summed E-state index contributed by atoms with van der Waals surface area (Å²) < 4.78 is 0.745. The summed E-state index contributed by atoms with van der Waals surface area (Å²) in [5, 5.41) is 2.41. The highest BCUT2D eigenvalue weighted by Gasteiger charge is 2.29. The van der Waals surface area contributed by atoms with Crippen molar-refractivity contribution < 1.29 is 4.79 Å². The fourth-order valence-electron chi connectivity index (χ4n) is 1.35. The van der Waals surface area contributed by atoms with Gasteiger partial charge in [-0.25, -0.2) is 4.98 Å². The van der Waals surface area contributed by atoms with Crippen LogP contribution in [0.1, 0.15) is 16.7 Å². The van der Waals surface area contributed by atoms with Gasteiger partial charge in [0.1, 0.15) is 4.60 Å². The third-order valence-corrected chi connectivity index (χ3v) is 3.55. The highest BCUT2D eigenvalue weighted by Crippen LogP contribution is 2.21. The number of halogens is 1. The molecule has 0 saturated carbocycles. The number of thiazole rings is 1. The molecule has 0 bridgehead atoms. The maximum Gasteiger partial charge on any atom is 0.282 e. The number of carbonyl (C=O) groups is 1. The lowest BCUT2D eigenvalue weighted by Gasteiger charge is -2.36. The van der Waals surface area contributed by atoms with Crippen LogP contribution in [0.3, 0.4) is 0 Å². The molecule has 1 aliphatic heterocycles. The van der Waals surface area contributed by atoms with Gasteiger partial charge in [-0.3, -0.25) is 4.79 Å². The van der Waals surface area contributed by atoms with E-state index < -0.39 is 0 Å². The Labute approximate surface area is 88.9 Å². The Morgan fingerprint density at radius 1 is 1.77 bits per heavy atom. The zero-order valence-electron chi connectivity index (χ0n) is 7.16. The SMILES string of the molecule is CC1CN(C(=O)c2nc(Br)cs2)C1. The molecule has 0 spiro atoms. The summed E-state index contributed by atoms with van der Waals surface area (Å²) in [6, 6.07) is 0. The van der Waals surface area contributed by atoms with E-state index in [1.807, 2.05) is 10.3 Å². The van der Waals surface area contributed by atoms with Crippen molar-refractivity contribution in [3.8, 4) is 0 Å². The van der Waals surface area contributed by atoms with Crippen LogP contribution in [0.25, 0.3) is 0 Å². The topological polar surface area (TPSA) is 33.2 Å². The number of hydrogen-bond donors (Lipinski definition) is 0. The summed E-state index contributed by atoms with van der Waals surface area (Å²) in [7, 11) is 0. The normalized spacial score (nSPS) is 17.2. The second kappa shape index (κ2) is 3.38. The van der Waals surface area contributed by atoms with Gasteiger partial charge in [-0.1, -0.05) is 6.92 Å². The third kappa shape index (κ3) is 1.76. The lowest BCUT2D eigenvalue weighted by molar-refractivity contribution is 0.0530. The lowest BCUT2D eigenvalue weighted by Crippen LogP contribution is -2.48. The Kier molecular flexibility index (Phi) is 2.38. The predicted octanol–water partition coefficient (Wildman–Crippen LogP) is 2.00. The predicted molar refractivity (Wildman–Crippen MR) is 54.9 cm³/mol. The quantitative estimate of drug-likeness (QED) is 0.774. The standard InChI is InChI=1S/C8H9BrN2OS/c1-5-2-11(3-5)8(12)7-10-6(9)4-13-7/h4-5H,2-3H2,1H3. The van der Waals surface area contributed by atoms with Crippen LogP contribution in [0, 0.1) is 5.92 Å². The maximum absolute atomic E-state index is 11.6. The number of rotatable bonds is 1. The van der Waals surface area contributed by atoms with E-state index in [1.165, 1.54) is 11.3 Å². The first-order valence-corrected chi connectivity index (χ1v) is 5.74. The lowest BCUT2D eigenvalue weighted by atomic mass is 10.0. The van der Waals surface area contributed by atoms with Crippen LogP contribution < -0.4 is 0 Å². The highest BCUT2D eigenvalue weighted by atomic mass is 79.9. The average Bonchev–Trinajstić information content (AvgIpc) is 2.45. The summed E-state index contributed by atoms with van der Waals surface area (Å²) in [4.78, 5) is 17.6. The average molecular weight is 261 g/mol. The second-order valence-electron chi connectivity index (χ2n) is 3.29. The Hall–Kier alpha value is -0.420. The first-order valence-electron chi connectivity index (χ1n) is 4.07. The Morgan fingerprint density at radius 2 is 2.46 bits per heavy atom. The van der Waals surface area contributed by atoms with E-state index in [0.29, 0.717) is 10.9 Å². The monoisotopic (exact) mass is 260 g/mol. The zero-order chi connectivity index (χ0) is 9.42. The van der Waals surface area contributed by atoms with Crippen molar-refractivity contribution in [1.29, 1.82) is 0 Å². The molecule has 0 N–H and O–H groups in total. The number of nitrogens with zero attached hydrogens (tertiary/aromatic N) is 2. The fraction of sp³-hybridized carbons (Fsp3) is 0.500. The van der Waals surface area contributed by atoms with E-state index in [1.54, 1.807) is 0 Å². The van der Waals surface area contributed by atoms with Gasteiger partial charge in [0.15, 0.2) is 5.01 Å². The van der Waals surface area contributed by atoms with E-state index in [4.69, 9.17) is 0 Å². The van der Waals surface area contributed by atoms with E-state index >= 15 is 0 Å². The highest BCUT2D eigenvalue weighted by molar-refractivity contribution is 9.10. The molecule has 0 atom stereocenters. The summed E-state index contributed by atoms with van der Waals surface area (Å²) in [6.07, 6.45) is 0. The molecule has 2 rings (SSSR count). The Morgan fingerprint density at radius 3 is 2.92 bits per heavy atom. The van der Waals surface area contributed by atoms with Gasteiger partial charge < -0.3 is 4.90 Å². The van der Waals surface area contributed by atoms with Gasteiger partial charge in [-0.15, -0.1) is 11.3 Å². The van der Waals surface area contributed by atoms with Gasteiger partial charge in [0.2, 0.25) is 0 Å². The van der Waals surface area contributed by atoms with Gasteiger partial charge in [0.05, 0.1) is 0 Å². The van der Waals surface area contributed by atoms with Crippen molar-refractivity contribution in [3.63, 3.8) is 0 Å². The molecule has 70 valence electrons. The van der Waals surface area contributed by atoms with Crippen molar-refractivity contribution in [2.75, 3.05) is 13.1 Å². The molecule has 1 aromatic heterocycles. The molecule has 0 radical (unpaired) electrons. The molecule has 5 heteroatoms. The minimum absolute atomic E-state index is 0.0637. The molecule has 3 nitrogen and oxygen atoms in total. The largest absolute Gasteiger partial charge is 0.336 e. The van der Waals surface area contributed by atoms with Crippen molar-refractivity contribution in [3.05, 3.63) is 15.0 Å². The minimum Gasteiger partial charge on any atom is -0.336 e. The smallest absolute Gasteiger partial charge is 0.282 e. The summed E-state index contributed by atoms with van der Waals surface area (Å²) in [5.74, 6) is 0.709. The molecule has 1 fully saturated rings. The zero-order valence-corrected chi connectivity index (χ0v) is 9.56. The van der Waals surface area contributed by atoms with Gasteiger partial charge in [0.25, 0.3) is 5.91 Å². The van der Waals surface area contributed by atoms with E-state index in [2.05, 4.69) is 27.8 Å². The van der Waals surface area contributed by atoms with Gasteiger partial charge in [0, 0.05) is 18.5 Å². The number of carbonyl (C=O) groups excluding carboxylic acids is 1. The van der Waals surface area contributed by atoms with Crippen LogP contribution in [0.2, 0.25) is 0 Å². The Balaban J connectivity index is 2.06. The van der Waals surface area contributed by atoms with E-state index in [9.17, 15) is 4.79 Å². The molecule has 1 aliphatic rings. The molecular formula is C8H9BrN2OS. The van der Waals surface area contributed by atoms with Crippen LogP contribution >= 0.6 is 27.3 Å². The molecule has 13 heavy (non-hydrogen) atoms. The molecule has 0 unspecified atom stereocenters. The van der Waals surface area contributed by atoms with Gasteiger partial charge >= 0.3 is 0 Å². The van der Waals surface area contributed by atoms with E-state index in [0.717, 1.165) is 17.7 Å². The molecule has 2 heterocycles. The molecule has 1 amide bonds. The number of aromatic nitrogens is 1. The molecular weight excluding hydrogens is 252 g/mol. The van der Waals surface area contributed by atoms with Gasteiger partial charge in [-0.2, -0.15) is 0 Å². The molecule has 0 aromatic carbocycles. The van der Waals surface area contributed by atoms with Crippen LogP contribution in [0.5, 0.6) is 0 Å². The van der Waals surface area contributed by atoms with Crippen LogP contribution in [0.4, 0.5) is 0 Å². The summed E-state index contributed by atoms with van der Waals surface area (Å²) in [5.41, 5.74) is 0. The number of hydrogen-bond acceptors (Lipinski definition) is 3. The Bertz CT molecular complexity index is 333. The first kappa shape index (κ1) is 9.15. The fourth-order valence-corrected chi connectivity index (χ4v) is 2.57. The van der Waals surface area contributed by atoms with Gasteiger partial charge in [-0.05, 0) is 21.8 Å². The van der Waals surface area contributed by atoms with Crippen LogP contribution in [-0.4, -0.2) is 28.9 Å². The van der Waals surface area contributed by atoms with Crippen molar-refractivity contribution in [2.45, 2.75) is 6.92 Å². The maximum atomic E-state index is 11.6. The molecule has 1 saturated heterocycles. The first-order chi connectivity index (χ1) is 6.16. The minimum atomic E-state index is 0.0637. The number of likely N-dealkylation sites (tertiary alicyclic amines) is 1. The summed E-state index contributed by atoms with van der Waals surface area (Å²) >= 11 is 4.62. The summed E-state index contributed by atoms with van der Waals surface area (Å²) in [6.45, 7) is 3.88. The van der Waals surface area contributed by atoms with Crippen LogP contribution in [0.15, 0.2) is 9.98 Å². The van der Waals surface area contributed by atoms with Crippen molar-refractivity contribution >= 4 is 33.2 Å². The third-order valence-electron chi connectivity index (χ3n) is 2.01. The molecule has 0 aliphatic carbocycles. The molecule has 1 aromatic rings. The van der Waals surface area contributed by atoms with Crippen LogP contribution in [-0.2, 0) is 0 Å². The second-order valence-corrected chi connectivity index (χ2v) is 4.96. The van der Waals surface area contributed by atoms with Crippen molar-refractivity contribution in [2.24, 2.45) is 5.92 Å². The van der Waals surface area contributed by atoms with E-state index in [-0.39, 0.29) is 5.91 Å². The number of amides is 1.